The highest BCUT2D eigenvalue weighted by atomic mass is 16.1. The summed E-state index contributed by atoms with van der Waals surface area (Å²) in [5, 5.41) is 11.8. The summed E-state index contributed by atoms with van der Waals surface area (Å²) in [7, 11) is 0. The van der Waals surface area contributed by atoms with Crippen LogP contribution in [0.2, 0.25) is 0 Å². The van der Waals surface area contributed by atoms with E-state index in [0.29, 0.717) is 30.3 Å². The lowest BCUT2D eigenvalue weighted by atomic mass is 10.2. The number of hydrogen-bond acceptors (Lipinski definition) is 4. The molecule has 1 atom stereocenters. The largest absolute Gasteiger partial charge is 0.329 e. The molecule has 1 unspecified atom stereocenters. The molecule has 0 bridgehead atoms. The van der Waals surface area contributed by atoms with E-state index < -0.39 is 0 Å². The van der Waals surface area contributed by atoms with Crippen molar-refractivity contribution in [2.24, 2.45) is 5.73 Å². The fraction of sp³-hybridized carbons (Fsp3) is 0.467. The van der Waals surface area contributed by atoms with Crippen LogP contribution in [-0.2, 0) is 4.79 Å². The van der Waals surface area contributed by atoms with E-state index in [9.17, 15) is 4.79 Å². The van der Waals surface area contributed by atoms with Gasteiger partial charge in [-0.05, 0) is 31.5 Å². The van der Waals surface area contributed by atoms with Gasteiger partial charge in [0.05, 0.1) is 11.3 Å². The second-order valence-corrected chi connectivity index (χ2v) is 5.02. The van der Waals surface area contributed by atoms with Gasteiger partial charge in [-0.1, -0.05) is 12.1 Å². The van der Waals surface area contributed by atoms with Crippen LogP contribution >= 0.6 is 0 Å². The molecule has 2 rings (SSSR count). The predicted octanol–water partition coefficient (Wildman–Crippen LogP) is 1.31. The molecule has 106 valence electrons. The Morgan fingerprint density at radius 1 is 1.50 bits per heavy atom. The summed E-state index contributed by atoms with van der Waals surface area (Å²) < 4.78 is 0. The third-order valence-electron chi connectivity index (χ3n) is 3.72. The Morgan fingerprint density at radius 2 is 2.30 bits per heavy atom. The molecule has 1 fully saturated rings. The maximum atomic E-state index is 12.0. The van der Waals surface area contributed by atoms with Crippen molar-refractivity contribution in [3.63, 3.8) is 0 Å². The summed E-state index contributed by atoms with van der Waals surface area (Å²) >= 11 is 0. The number of nitriles is 1. The quantitative estimate of drug-likeness (QED) is 0.846. The van der Waals surface area contributed by atoms with E-state index in [0.717, 1.165) is 25.9 Å². The number of hydrogen-bond donors (Lipinski definition) is 2. The Balaban J connectivity index is 1.85. The molecule has 1 amide bonds. The van der Waals surface area contributed by atoms with Crippen LogP contribution < -0.4 is 11.1 Å². The fourth-order valence-corrected chi connectivity index (χ4v) is 2.60. The van der Waals surface area contributed by atoms with E-state index in [-0.39, 0.29) is 5.91 Å². The Labute approximate surface area is 119 Å². The fourth-order valence-electron chi connectivity index (χ4n) is 2.60. The first-order valence-electron chi connectivity index (χ1n) is 6.97. The summed E-state index contributed by atoms with van der Waals surface area (Å²) in [6, 6.07) is 9.51. The van der Waals surface area contributed by atoms with Crippen LogP contribution in [0.3, 0.4) is 0 Å². The molecule has 0 aromatic heterocycles. The van der Waals surface area contributed by atoms with Crippen LogP contribution in [0.25, 0.3) is 0 Å². The van der Waals surface area contributed by atoms with E-state index in [1.54, 1.807) is 24.3 Å². The zero-order valence-corrected chi connectivity index (χ0v) is 11.5. The summed E-state index contributed by atoms with van der Waals surface area (Å²) in [6.07, 6.45) is 2.70. The number of nitrogens with two attached hydrogens (primary N) is 1. The number of carbonyl (C=O) groups is 1. The van der Waals surface area contributed by atoms with Gasteiger partial charge >= 0.3 is 0 Å². The molecule has 1 aromatic carbocycles. The molecule has 0 aliphatic carbocycles. The number of amides is 1. The second kappa shape index (κ2) is 7.04. The van der Waals surface area contributed by atoms with E-state index in [4.69, 9.17) is 11.0 Å². The highest BCUT2D eigenvalue weighted by molar-refractivity contribution is 5.92. The van der Waals surface area contributed by atoms with Crippen molar-refractivity contribution >= 4 is 11.6 Å². The Hall–Kier alpha value is -1.90. The van der Waals surface area contributed by atoms with E-state index >= 15 is 0 Å². The van der Waals surface area contributed by atoms with Crippen molar-refractivity contribution in [3.05, 3.63) is 29.8 Å². The minimum absolute atomic E-state index is 0.0598. The van der Waals surface area contributed by atoms with Crippen molar-refractivity contribution in [3.8, 4) is 6.07 Å². The number of likely N-dealkylation sites (tertiary alicyclic amines) is 1. The molecule has 20 heavy (non-hydrogen) atoms. The lowest BCUT2D eigenvalue weighted by Gasteiger charge is -2.22. The molecule has 3 N–H and O–H groups in total. The molecule has 1 heterocycles. The molecule has 0 radical (unpaired) electrons. The van der Waals surface area contributed by atoms with Crippen molar-refractivity contribution in [1.29, 1.82) is 5.26 Å². The number of nitrogens with one attached hydrogen (secondary N) is 1. The van der Waals surface area contributed by atoms with Gasteiger partial charge in [-0.25, -0.2) is 0 Å². The average molecular weight is 272 g/mol. The lowest BCUT2D eigenvalue weighted by Crippen LogP contribution is -2.37. The van der Waals surface area contributed by atoms with Gasteiger partial charge in [-0.3, -0.25) is 9.69 Å². The van der Waals surface area contributed by atoms with Gasteiger partial charge in [0.15, 0.2) is 0 Å². The Bertz CT molecular complexity index is 509. The van der Waals surface area contributed by atoms with Crippen LogP contribution in [-0.4, -0.2) is 36.5 Å². The third-order valence-corrected chi connectivity index (χ3v) is 3.72. The predicted molar refractivity (Wildman–Crippen MR) is 78.1 cm³/mol. The van der Waals surface area contributed by atoms with Crippen LogP contribution in [0.15, 0.2) is 24.3 Å². The van der Waals surface area contributed by atoms with E-state index in [1.165, 1.54) is 0 Å². The smallest absolute Gasteiger partial charge is 0.225 e. The topological polar surface area (TPSA) is 82.2 Å². The first-order valence-corrected chi connectivity index (χ1v) is 6.97. The van der Waals surface area contributed by atoms with Crippen LogP contribution in [0, 0.1) is 11.3 Å². The summed E-state index contributed by atoms with van der Waals surface area (Å²) in [5.41, 5.74) is 6.78. The van der Waals surface area contributed by atoms with Crippen LogP contribution in [0.4, 0.5) is 5.69 Å². The third kappa shape index (κ3) is 3.56. The van der Waals surface area contributed by atoms with Gasteiger partial charge < -0.3 is 11.1 Å². The summed E-state index contributed by atoms with van der Waals surface area (Å²) in [5.74, 6) is -0.0598. The molecule has 1 saturated heterocycles. The minimum Gasteiger partial charge on any atom is -0.329 e. The van der Waals surface area contributed by atoms with Crippen molar-refractivity contribution < 1.29 is 4.79 Å². The molecular formula is C15H20N4O. The van der Waals surface area contributed by atoms with Gasteiger partial charge in [-0.15, -0.1) is 0 Å². The standard InChI is InChI=1S/C15H20N4O/c16-10-12-4-1-2-6-14(12)18-15(20)7-9-19-8-3-5-13(19)11-17/h1-2,4,6,13H,3,5,7-9,11,17H2,(H,18,20). The summed E-state index contributed by atoms with van der Waals surface area (Å²) in [4.78, 5) is 14.2. The molecule has 0 spiro atoms. The van der Waals surface area contributed by atoms with Gasteiger partial charge in [0, 0.05) is 25.6 Å². The maximum Gasteiger partial charge on any atom is 0.225 e. The number of benzene rings is 1. The Morgan fingerprint density at radius 3 is 3.05 bits per heavy atom. The highest BCUT2D eigenvalue weighted by Crippen LogP contribution is 2.17. The van der Waals surface area contributed by atoms with Crippen LogP contribution in [0.5, 0.6) is 0 Å². The maximum absolute atomic E-state index is 12.0. The first kappa shape index (κ1) is 14.5. The van der Waals surface area contributed by atoms with Gasteiger partial charge in [-0.2, -0.15) is 5.26 Å². The molecule has 0 saturated carbocycles. The summed E-state index contributed by atoms with van der Waals surface area (Å²) in [6.45, 7) is 2.39. The SMILES string of the molecule is N#Cc1ccccc1NC(=O)CCN1CCCC1CN. The lowest BCUT2D eigenvalue weighted by molar-refractivity contribution is -0.116. The first-order chi connectivity index (χ1) is 9.74. The minimum atomic E-state index is -0.0598. The van der Waals surface area contributed by atoms with Crippen molar-refractivity contribution in [2.45, 2.75) is 25.3 Å². The number of anilines is 1. The monoisotopic (exact) mass is 272 g/mol. The van der Waals surface area contributed by atoms with Crippen molar-refractivity contribution in [2.75, 3.05) is 25.0 Å². The normalized spacial score (nSPS) is 18.7. The number of carbonyl (C=O) groups excluding carboxylic acids is 1. The zero-order chi connectivity index (χ0) is 14.4. The van der Waals surface area contributed by atoms with Crippen molar-refractivity contribution in [1.82, 2.24) is 4.90 Å². The molecule has 1 aliphatic rings. The molecular weight excluding hydrogens is 252 g/mol. The molecule has 5 heteroatoms. The zero-order valence-electron chi connectivity index (χ0n) is 11.5. The average Bonchev–Trinajstić information content (AvgIpc) is 2.93. The number of para-hydroxylation sites is 1. The van der Waals surface area contributed by atoms with Gasteiger partial charge in [0.25, 0.3) is 0 Å². The van der Waals surface area contributed by atoms with E-state index in [2.05, 4.69) is 16.3 Å². The van der Waals surface area contributed by atoms with Crippen LogP contribution in [0.1, 0.15) is 24.8 Å². The number of rotatable bonds is 5. The highest BCUT2D eigenvalue weighted by Gasteiger charge is 2.23. The van der Waals surface area contributed by atoms with Gasteiger partial charge in [0.1, 0.15) is 6.07 Å². The van der Waals surface area contributed by atoms with Gasteiger partial charge in [0.2, 0.25) is 5.91 Å². The Kier molecular flexibility index (Phi) is 5.10. The number of nitrogens with zero attached hydrogens (tertiary/aromatic N) is 2. The molecule has 5 nitrogen and oxygen atoms in total. The molecule has 1 aromatic rings. The molecule has 1 aliphatic heterocycles. The van der Waals surface area contributed by atoms with E-state index in [1.807, 2.05) is 0 Å². The second-order valence-electron chi connectivity index (χ2n) is 5.02.